The first-order valence-electron chi connectivity index (χ1n) is 7.18. The van der Waals surface area contributed by atoms with Crippen LogP contribution in [-0.2, 0) is 15.1 Å². The SMILES string of the molecule is CC(C)(NC(=O)[C@@H]1CN[C@H](CO)CO1)c1ccc(F)c(Cl)c1F.Cl. The van der Waals surface area contributed by atoms with Gasteiger partial charge in [0.2, 0.25) is 0 Å². The second-order valence-electron chi connectivity index (χ2n) is 5.95. The second-order valence-corrected chi connectivity index (χ2v) is 6.32. The van der Waals surface area contributed by atoms with Crippen molar-refractivity contribution >= 4 is 29.9 Å². The van der Waals surface area contributed by atoms with Gasteiger partial charge in [0.1, 0.15) is 22.8 Å². The van der Waals surface area contributed by atoms with Crippen molar-refractivity contribution in [2.75, 3.05) is 19.8 Å². The minimum absolute atomic E-state index is 0. The first-order valence-corrected chi connectivity index (χ1v) is 7.56. The lowest BCUT2D eigenvalue weighted by Crippen LogP contribution is -2.56. The van der Waals surface area contributed by atoms with E-state index in [9.17, 15) is 13.6 Å². The van der Waals surface area contributed by atoms with E-state index in [0.29, 0.717) is 0 Å². The van der Waals surface area contributed by atoms with Gasteiger partial charge in [-0.1, -0.05) is 17.7 Å². The van der Waals surface area contributed by atoms with Gasteiger partial charge in [0.05, 0.1) is 24.8 Å². The molecule has 3 N–H and O–H groups in total. The fraction of sp³-hybridized carbons (Fsp3) is 0.533. The molecule has 1 amide bonds. The van der Waals surface area contributed by atoms with Gasteiger partial charge in [-0.05, 0) is 19.9 Å². The lowest BCUT2D eigenvalue weighted by molar-refractivity contribution is -0.137. The summed E-state index contributed by atoms with van der Waals surface area (Å²) in [6, 6.07) is 2.10. The molecule has 136 valence electrons. The third-order valence-corrected chi connectivity index (χ3v) is 4.09. The van der Waals surface area contributed by atoms with E-state index in [4.69, 9.17) is 21.4 Å². The Morgan fingerprint density at radius 2 is 2.17 bits per heavy atom. The molecule has 1 heterocycles. The molecular formula is C15H20Cl2F2N2O3. The summed E-state index contributed by atoms with van der Waals surface area (Å²) in [5.41, 5.74) is -1.02. The number of rotatable bonds is 4. The third kappa shape index (κ3) is 4.55. The molecule has 1 saturated heterocycles. The fourth-order valence-corrected chi connectivity index (χ4v) is 2.54. The summed E-state index contributed by atoms with van der Waals surface area (Å²) >= 11 is 5.59. The average molecular weight is 385 g/mol. The van der Waals surface area contributed by atoms with E-state index in [1.165, 1.54) is 6.07 Å². The maximum Gasteiger partial charge on any atom is 0.251 e. The van der Waals surface area contributed by atoms with Crippen molar-refractivity contribution < 1.29 is 23.4 Å². The maximum absolute atomic E-state index is 14.2. The highest BCUT2D eigenvalue weighted by Gasteiger charge is 2.33. The predicted molar refractivity (Wildman–Crippen MR) is 88.4 cm³/mol. The van der Waals surface area contributed by atoms with Crippen LogP contribution in [0.5, 0.6) is 0 Å². The van der Waals surface area contributed by atoms with Gasteiger partial charge in [-0.3, -0.25) is 4.79 Å². The summed E-state index contributed by atoms with van der Waals surface area (Å²) in [5, 5.41) is 14.0. The Bertz CT molecular complexity index is 594. The van der Waals surface area contributed by atoms with E-state index < -0.39 is 34.2 Å². The van der Waals surface area contributed by atoms with Crippen LogP contribution in [0.25, 0.3) is 0 Å². The summed E-state index contributed by atoms with van der Waals surface area (Å²) < 4.78 is 32.8. The molecule has 0 saturated carbocycles. The van der Waals surface area contributed by atoms with Gasteiger partial charge in [0.15, 0.2) is 0 Å². The zero-order valence-corrected chi connectivity index (χ0v) is 14.8. The van der Waals surface area contributed by atoms with E-state index in [1.54, 1.807) is 13.8 Å². The Labute approximate surface area is 150 Å². The Hall–Kier alpha value is -0.990. The number of hydrogen-bond donors (Lipinski definition) is 3. The Morgan fingerprint density at radius 3 is 2.71 bits per heavy atom. The molecule has 0 unspecified atom stereocenters. The molecule has 0 aromatic heterocycles. The number of nitrogens with one attached hydrogen (secondary N) is 2. The summed E-state index contributed by atoms with van der Waals surface area (Å²) in [4.78, 5) is 12.3. The molecule has 2 atom stereocenters. The van der Waals surface area contributed by atoms with Crippen LogP contribution in [0.4, 0.5) is 8.78 Å². The van der Waals surface area contributed by atoms with Crippen molar-refractivity contribution in [3.63, 3.8) is 0 Å². The molecule has 1 aliphatic rings. The number of carbonyl (C=O) groups is 1. The van der Waals surface area contributed by atoms with Crippen LogP contribution in [0.3, 0.4) is 0 Å². The number of carbonyl (C=O) groups excluding carboxylic acids is 1. The zero-order chi connectivity index (χ0) is 17.2. The Kier molecular flexibility index (Phi) is 7.37. The van der Waals surface area contributed by atoms with Gasteiger partial charge in [0, 0.05) is 12.1 Å². The molecular weight excluding hydrogens is 365 g/mol. The van der Waals surface area contributed by atoms with Crippen molar-refractivity contribution in [3.05, 3.63) is 34.4 Å². The maximum atomic E-state index is 14.2. The monoisotopic (exact) mass is 384 g/mol. The molecule has 1 aromatic rings. The molecule has 0 radical (unpaired) electrons. The molecule has 0 bridgehead atoms. The molecule has 1 aromatic carbocycles. The lowest BCUT2D eigenvalue weighted by atomic mass is 9.93. The van der Waals surface area contributed by atoms with Crippen molar-refractivity contribution in [1.82, 2.24) is 10.6 Å². The average Bonchev–Trinajstić information content (AvgIpc) is 2.52. The molecule has 24 heavy (non-hydrogen) atoms. The summed E-state index contributed by atoms with van der Waals surface area (Å²) in [5.74, 6) is -2.19. The summed E-state index contributed by atoms with van der Waals surface area (Å²) in [7, 11) is 0. The van der Waals surface area contributed by atoms with E-state index >= 15 is 0 Å². The van der Waals surface area contributed by atoms with Gasteiger partial charge < -0.3 is 20.5 Å². The van der Waals surface area contributed by atoms with Crippen molar-refractivity contribution in [2.24, 2.45) is 0 Å². The van der Waals surface area contributed by atoms with E-state index in [1.807, 2.05) is 0 Å². The minimum atomic E-state index is -1.10. The fourth-order valence-electron chi connectivity index (χ4n) is 2.37. The van der Waals surface area contributed by atoms with Crippen LogP contribution < -0.4 is 10.6 Å². The number of hydrogen-bond acceptors (Lipinski definition) is 4. The summed E-state index contributed by atoms with van der Waals surface area (Å²) in [6.07, 6.45) is -0.754. The van der Waals surface area contributed by atoms with Crippen LogP contribution in [0.2, 0.25) is 5.02 Å². The standard InChI is InChI=1S/C15H19ClF2N2O3.ClH/c1-15(2,9-3-4-10(17)12(16)13(9)18)20-14(22)11-5-19-8(6-21)7-23-11;/h3-4,8,11,19,21H,5-7H2,1-2H3,(H,20,22);1H/t8-,11+;/m1./s1. The third-order valence-electron chi connectivity index (χ3n) is 3.75. The Balaban J connectivity index is 0.00000288. The van der Waals surface area contributed by atoms with Crippen LogP contribution >= 0.6 is 24.0 Å². The van der Waals surface area contributed by atoms with Crippen LogP contribution in [0.1, 0.15) is 19.4 Å². The molecule has 0 aliphatic carbocycles. The van der Waals surface area contributed by atoms with Crippen LogP contribution in [-0.4, -0.2) is 42.9 Å². The van der Waals surface area contributed by atoms with Gasteiger partial charge in [0.25, 0.3) is 5.91 Å². The Morgan fingerprint density at radius 1 is 1.50 bits per heavy atom. The van der Waals surface area contributed by atoms with Gasteiger partial charge in [-0.25, -0.2) is 8.78 Å². The van der Waals surface area contributed by atoms with Crippen LogP contribution in [0.15, 0.2) is 12.1 Å². The van der Waals surface area contributed by atoms with Gasteiger partial charge in [-0.2, -0.15) is 0 Å². The van der Waals surface area contributed by atoms with E-state index in [0.717, 1.165) is 6.07 Å². The molecule has 1 fully saturated rings. The molecule has 9 heteroatoms. The first kappa shape index (κ1) is 21.1. The number of aliphatic hydroxyl groups excluding tert-OH is 1. The highest BCUT2D eigenvalue weighted by atomic mass is 35.5. The number of amides is 1. The predicted octanol–water partition coefficient (Wildman–Crippen LogP) is 1.74. The first-order chi connectivity index (χ1) is 10.8. The minimum Gasteiger partial charge on any atom is -0.395 e. The topological polar surface area (TPSA) is 70.6 Å². The highest BCUT2D eigenvalue weighted by Crippen LogP contribution is 2.29. The van der Waals surface area contributed by atoms with E-state index in [2.05, 4.69) is 10.6 Å². The lowest BCUT2D eigenvalue weighted by Gasteiger charge is -2.33. The van der Waals surface area contributed by atoms with Gasteiger partial charge >= 0.3 is 0 Å². The summed E-state index contributed by atoms with van der Waals surface area (Å²) in [6.45, 7) is 3.53. The highest BCUT2D eigenvalue weighted by molar-refractivity contribution is 6.31. The number of morpholine rings is 1. The number of halogens is 4. The number of ether oxygens (including phenoxy) is 1. The molecule has 0 spiro atoms. The van der Waals surface area contributed by atoms with Crippen LogP contribution in [0, 0.1) is 11.6 Å². The van der Waals surface area contributed by atoms with Crippen molar-refractivity contribution in [2.45, 2.75) is 31.5 Å². The normalized spacial score (nSPS) is 21.1. The van der Waals surface area contributed by atoms with Gasteiger partial charge in [-0.15, -0.1) is 12.4 Å². The van der Waals surface area contributed by atoms with Crippen molar-refractivity contribution in [3.8, 4) is 0 Å². The molecule has 5 nitrogen and oxygen atoms in total. The smallest absolute Gasteiger partial charge is 0.251 e. The largest absolute Gasteiger partial charge is 0.395 e. The molecule has 2 rings (SSSR count). The number of benzene rings is 1. The van der Waals surface area contributed by atoms with Crippen molar-refractivity contribution in [1.29, 1.82) is 0 Å². The second kappa shape index (κ2) is 8.40. The number of aliphatic hydroxyl groups is 1. The quantitative estimate of drug-likeness (QED) is 0.691. The molecule has 1 aliphatic heterocycles. The zero-order valence-electron chi connectivity index (χ0n) is 13.2. The van der Waals surface area contributed by atoms with E-state index in [-0.39, 0.29) is 43.8 Å².